The number of rotatable bonds is 3. The van der Waals surface area contributed by atoms with Crippen LogP contribution in [-0.2, 0) is 54.1 Å². The zero-order chi connectivity index (χ0) is 55.8. The molecule has 78 heavy (non-hydrogen) atoms. The van der Waals surface area contributed by atoms with E-state index in [9.17, 15) is 0 Å². The first-order valence-corrected chi connectivity index (χ1v) is 31.5. The zero-order valence-corrected chi connectivity index (χ0v) is 52.8. The minimum absolute atomic E-state index is 0.00735. The van der Waals surface area contributed by atoms with Gasteiger partial charge in [0.1, 0.15) is 0 Å². The normalized spacial score (nSPS) is 23.8. The third-order valence-electron chi connectivity index (χ3n) is 22.9. The van der Waals surface area contributed by atoms with E-state index in [2.05, 4.69) is 238 Å². The Balaban J connectivity index is 1.20. The highest BCUT2D eigenvalue weighted by Gasteiger charge is 2.53. The summed E-state index contributed by atoms with van der Waals surface area (Å²) < 4.78 is 1.54. The predicted molar refractivity (Wildman–Crippen MR) is 340 cm³/mol. The number of anilines is 6. The molecule has 6 aromatic rings. The Bertz CT molecular complexity index is 3560. The quantitative estimate of drug-likeness (QED) is 0.163. The summed E-state index contributed by atoms with van der Waals surface area (Å²) >= 11 is 2.18. The molecule has 5 aliphatic carbocycles. The highest BCUT2D eigenvalue weighted by Crippen LogP contribution is 2.60. The predicted octanol–water partition coefficient (Wildman–Crippen LogP) is 19.2. The number of hydrogen-bond acceptors (Lipinski definition) is 3. The Morgan fingerprint density at radius 3 is 1.19 bits per heavy atom. The van der Waals surface area contributed by atoms with Crippen LogP contribution in [0.3, 0.4) is 0 Å². The van der Waals surface area contributed by atoms with Gasteiger partial charge in [-0.2, -0.15) is 11.3 Å². The number of thiophene rings is 1. The average Bonchev–Trinajstić information content (AvgIpc) is 2.40. The van der Waals surface area contributed by atoms with E-state index in [1.54, 1.807) is 20.8 Å². The lowest BCUT2D eigenvalue weighted by molar-refractivity contribution is 0.332. The van der Waals surface area contributed by atoms with Gasteiger partial charge in [-0.1, -0.05) is 175 Å². The molecule has 0 radical (unpaired) electrons. The van der Waals surface area contributed by atoms with Gasteiger partial charge in [0.2, 0.25) is 0 Å². The molecule has 0 N–H and O–H groups in total. The van der Waals surface area contributed by atoms with Crippen LogP contribution < -0.4 is 25.5 Å². The van der Waals surface area contributed by atoms with Crippen LogP contribution >= 0.6 is 11.3 Å². The SMILES string of the molecule is CC1(C)CCC(C)(C)c2cc(-c3cc4c5c(c3)N(c3ccc6c(c3)C(C)(C)CCC6(C)C)c3c(sc6c3C(C)(C)CCC6(C)C)B5c3cc5c(cc3N4c3ccc4c(c3)C(C)(C)CCC4(C)C)C(C)(C)CCC5(C)C)ccc21. The van der Waals surface area contributed by atoms with Crippen molar-refractivity contribution >= 4 is 67.9 Å². The van der Waals surface area contributed by atoms with Gasteiger partial charge in [0, 0.05) is 38.1 Å². The van der Waals surface area contributed by atoms with E-state index >= 15 is 0 Å². The average molecular weight is 1050 g/mol. The second kappa shape index (κ2) is 16.1. The van der Waals surface area contributed by atoms with Crippen LogP contribution in [0.2, 0.25) is 0 Å². The topological polar surface area (TPSA) is 6.48 Å². The Kier molecular flexibility index (Phi) is 10.9. The van der Waals surface area contributed by atoms with Gasteiger partial charge >= 0.3 is 0 Å². The van der Waals surface area contributed by atoms with Crippen molar-refractivity contribution in [2.75, 3.05) is 9.80 Å². The summed E-state index contributed by atoms with van der Waals surface area (Å²) in [5.41, 5.74) is 28.3. The third kappa shape index (κ3) is 7.50. The van der Waals surface area contributed by atoms with E-state index in [1.807, 2.05) is 0 Å². The van der Waals surface area contributed by atoms with Gasteiger partial charge in [0.05, 0.1) is 5.69 Å². The molecule has 0 fully saturated rings. The molecule has 4 heteroatoms. The summed E-state index contributed by atoms with van der Waals surface area (Å²) in [4.78, 5) is 7.27. The van der Waals surface area contributed by atoms with Crippen molar-refractivity contribution in [3.8, 4) is 11.1 Å². The molecule has 13 rings (SSSR count). The molecular formula is C74H93BN2S. The van der Waals surface area contributed by atoms with Crippen molar-refractivity contribution in [2.24, 2.45) is 0 Å². The Morgan fingerprint density at radius 2 is 0.705 bits per heavy atom. The number of nitrogens with zero attached hydrogens (tertiary/aromatic N) is 2. The molecule has 3 heterocycles. The van der Waals surface area contributed by atoms with Crippen LogP contribution in [0.1, 0.15) is 258 Å². The lowest BCUT2D eigenvalue weighted by Crippen LogP contribution is -2.61. The molecule has 0 saturated heterocycles. The molecule has 0 unspecified atom stereocenters. The summed E-state index contributed by atoms with van der Waals surface area (Å²) in [6.45, 7) is 50.4. The van der Waals surface area contributed by atoms with Crippen LogP contribution in [0.4, 0.5) is 34.1 Å². The number of benzene rings is 5. The second-order valence-corrected chi connectivity index (χ2v) is 34.1. The Hall–Kier alpha value is -4.54. The van der Waals surface area contributed by atoms with Crippen LogP contribution in [0, 0.1) is 0 Å². The summed E-state index contributed by atoms with van der Waals surface area (Å²) in [6.07, 6.45) is 11.9. The van der Waals surface area contributed by atoms with Gasteiger partial charge in [0.25, 0.3) is 6.71 Å². The van der Waals surface area contributed by atoms with E-state index in [0.717, 1.165) is 0 Å². The first-order valence-electron chi connectivity index (χ1n) is 30.7. The monoisotopic (exact) mass is 1050 g/mol. The maximum absolute atomic E-state index is 2.86. The molecule has 2 aliphatic heterocycles. The fourth-order valence-corrected chi connectivity index (χ4v) is 18.5. The molecule has 7 aliphatic rings. The van der Waals surface area contributed by atoms with Crippen molar-refractivity contribution in [3.05, 3.63) is 134 Å². The van der Waals surface area contributed by atoms with Crippen LogP contribution in [0.5, 0.6) is 0 Å². The largest absolute Gasteiger partial charge is 0.311 e. The van der Waals surface area contributed by atoms with Crippen molar-refractivity contribution in [3.63, 3.8) is 0 Å². The van der Waals surface area contributed by atoms with Gasteiger partial charge in [-0.3, -0.25) is 0 Å². The van der Waals surface area contributed by atoms with Gasteiger partial charge in [-0.15, -0.1) is 0 Å². The van der Waals surface area contributed by atoms with E-state index in [1.165, 1.54) is 159 Å². The van der Waals surface area contributed by atoms with E-state index < -0.39 is 0 Å². The highest BCUT2D eigenvalue weighted by atomic mass is 32.1. The fraction of sp³-hybridized carbons (Fsp3) is 0.541. The summed E-state index contributed by atoms with van der Waals surface area (Å²) in [5, 5.41) is 0. The minimum atomic E-state index is -0.00735. The summed E-state index contributed by atoms with van der Waals surface area (Å²) in [7, 11) is 0. The highest BCUT2D eigenvalue weighted by molar-refractivity contribution is 7.29. The number of hydrogen-bond donors (Lipinski definition) is 0. The van der Waals surface area contributed by atoms with Gasteiger partial charge < -0.3 is 9.80 Å². The molecule has 0 atom stereocenters. The van der Waals surface area contributed by atoms with E-state index in [4.69, 9.17) is 0 Å². The molecule has 0 saturated carbocycles. The van der Waals surface area contributed by atoms with Crippen LogP contribution in [0.15, 0.2) is 78.9 Å². The molecule has 5 aromatic carbocycles. The van der Waals surface area contributed by atoms with E-state index in [-0.39, 0.29) is 60.9 Å². The zero-order valence-electron chi connectivity index (χ0n) is 52.0. The number of fused-ring (bicyclic) bond motifs is 10. The summed E-state index contributed by atoms with van der Waals surface area (Å²) in [6, 6.07) is 34.0. The van der Waals surface area contributed by atoms with Gasteiger partial charge in [-0.05, 0) is 233 Å². The standard InChI is InChI=1S/C74H93BN2S/c1-65(2)27-30-68(7,8)51-37-44(21-24-48(51)65)45-38-58-61-59(39-45)77(47-23-26-50-53(41-47)70(11,12)32-29-67(50,5)6)62-60-63(74(19,20)36-35-73(60,17)18)78-64(62)75(61)56-42-54-55(72(15,16)34-33-71(54,13)14)43-57(56)76(58)46-22-25-49-52(40-46)69(9,10)31-28-66(49,3)4/h21-26,37-43H,27-36H2,1-20H3. The lowest BCUT2D eigenvalue weighted by Gasteiger charge is -2.48. The first kappa shape index (κ1) is 52.8. The summed E-state index contributed by atoms with van der Waals surface area (Å²) in [5.74, 6) is 0. The third-order valence-corrected chi connectivity index (χ3v) is 24.5. The van der Waals surface area contributed by atoms with Crippen molar-refractivity contribution in [1.29, 1.82) is 0 Å². The maximum Gasteiger partial charge on any atom is 0.264 e. The Labute approximate surface area is 476 Å². The van der Waals surface area contributed by atoms with Crippen LogP contribution in [-0.4, -0.2) is 6.71 Å². The van der Waals surface area contributed by atoms with Crippen molar-refractivity contribution in [2.45, 2.75) is 257 Å². The minimum Gasteiger partial charge on any atom is -0.311 e. The second-order valence-electron chi connectivity index (χ2n) is 33.1. The molecule has 1 aromatic heterocycles. The van der Waals surface area contributed by atoms with Crippen LogP contribution in [0.25, 0.3) is 11.1 Å². The van der Waals surface area contributed by atoms with Crippen molar-refractivity contribution < 1.29 is 0 Å². The van der Waals surface area contributed by atoms with Gasteiger partial charge in [0.15, 0.2) is 0 Å². The Morgan fingerprint density at radius 1 is 0.333 bits per heavy atom. The lowest BCUT2D eigenvalue weighted by atomic mass is 9.35. The fourth-order valence-electron chi connectivity index (χ4n) is 16.7. The molecule has 408 valence electrons. The van der Waals surface area contributed by atoms with Crippen molar-refractivity contribution in [1.82, 2.24) is 0 Å². The molecule has 2 nitrogen and oxygen atoms in total. The maximum atomic E-state index is 2.86. The van der Waals surface area contributed by atoms with E-state index in [0.29, 0.717) is 0 Å². The first-order chi connectivity index (χ1) is 36.1. The molecule has 0 amide bonds. The van der Waals surface area contributed by atoms with Gasteiger partial charge in [-0.25, -0.2) is 0 Å². The molecular weight excluding hydrogens is 960 g/mol. The molecule has 0 bridgehead atoms. The smallest absolute Gasteiger partial charge is 0.264 e. The molecule has 0 spiro atoms.